The molecule has 0 aromatic carbocycles. The molecule has 2 aliphatic rings. The summed E-state index contributed by atoms with van der Waals surface area (Å²) in [4.78, 5) is 16.8. The maximum absolute atomic E-state index is 12.2. The fourth-order valence-corrected chi connectivity index (χ4v) is 3.10. The predicted octanol–water partition coefficient (Wildman–Crippen LogP) is 1.63. The fourth-order valence-electron chi connectivity index (χ4n) is 3.10. The van der Waals surface area contributed by atoms with Crippen molar-refractivity contribution < 1.29 is 4.79 Å². The lowest BCUT2D eigenvalue weighted by Crippen LogP contribution is -2.42. The van der Waals surface area contributed by atoms with E-state index in [1.165, 1.54) is 24.8 Å². The smallest absolute Gasteiger partial charge is 0.234 e. The third kappa shape index (κ3) is 4.91. The van der Waals surface area contributed by atoms with Crippen molar-refractivity contribution in [1.82, 2.24) is 15.1 Å². The molecular formula is C16H29N3O. The predicted molar refractivity (Wildman–Crippen MR) is 82.7 cm³/mol. The Hall–Kier alpha value is -0.870. The van der Waals surface area contributed by atoms with Crippen molar-refractivity contribution in [2.75, 3.05) is 39.8 Å². The normalized spacial score (nSPS) is 23.8. The van der Waals surface area contributed by atoms with Crippen molar-refractivity contribution in [1.29, 1.82) is 0 Å². The lowest BCUT2D eigenvalue weighted by molar-refractivity contribution is -0.122. The summed E-state index contributed by atoms with van der Waals surface area (Å²) in [5, 5.41) is 3.17. The van der Waals surface area contributed by atoms with Crippen LogP contribution in [0.1, 0.15) is 39.0 Å². The average Bonchev–Trinajstić information content (AvgIpc) is 2.64. The Morgan fingerprint density at radius 2 is 2.10 bits per heavy atom. The molecule has 1 saturated heterocycles. The van der Waals surface area contributed by atoms with Crippen LogP contribution in [0.2, 0.25) is 0 Å². The van der Waals surface area contributed by atoms with E-state index in [-0.39, 0.29) is 11.9 Å². The van der Waals surface area contributed by atoms with E-state index in [0.29, 0.717) is 6.54 Å². The molecule has 1 fully saturated rings. The van der Waals surface area contributed by atoms with E-state index in [1.54, 1.807) is 0 Å². The lowest BCUT2D eigenvalue weighted by Gasteiger charge is -2.24. The van der Waals surface area contributed by atoms with Gasteiger partial charge in [0.25, 0.3) is 0 Å². The van der Waals surface area contributed by atoms with Gasteiger partial charge in [0, 0.05) is 19.1 Å². The van der Waals surface area contributed by atoms with Crippen molar-refractivity contribution in [3.63, 3.8) is 0 Å². The molecule has 0 saturated carbocycles. The first kappa shape index (κ1) is 15.5. The monoisotopic (exact) mass is 279 g/mol. The van der Waals surface area contributed by atoms with Gasteiger partial charge in [-0.05, 0) is 59.2 Å². The van der Waals surface area contributed by atoms with Gasteiger partial charge in [-0.15, -0.1) is 0 Å². The quantitative estimate of drug-likeness (QED) is 0.795. The van der Waals surface area contributed by atoms with Crippen molar-refractivity contribution in [2.24, 2.45) is 0 Å². The number of amides is 1. The molecular weight excluding hydrogens is 250 g/mol. The summed E-state index contributed by atoms with van der Waals surface area (Å²) in [6.07, 6.45) is 8.36. The molecule has 1 N–H and O–H groups in total. The number of carbonyl (C=O) groups is 1. The van der Waals surface area contributed by atoms with Crippen LogP contribution in [0, 0.1) is 0 Å². The molecule has 0 aromatic heterocycles. The fraction of sp³-hybridized carbons (Fsp3) is 0.812. The van der Waals surface area contributed by atoms with Gasteiger partial charge in [-0.3, -0.25) is 9.69 Å². The zero-order valence-electron chi connectivity index (χ0n) is 13.0. The van der Waals surface area contributed by atoms with Gasteiger partial charge in [0.1, 0.15) is 0 Å². The molecule has 4 nitrogen and oxygen atoms in total. The minimum Gasteiger partial charge on any atom is -0.349 e. The highest BCUT2D eigenvalue weighted by molar-refractivity contribution is 5.78. The largest absolute Gasteiger partial charge is 0.349 e. The lowest BCUT2D eigenvalue weighted by atomic mass is 9.95. The number of likely N-dealkylation sites (N-methyl/N-ethyl adjacent to an activating group) is 1. The highest BCUT2D eigenvalue weighted by Gasteiger charge is 2.18. The van der Waals surface area contributed by atoms with Crippen LogP contribution in [-0.4, -0.2) is 61.5 Å². The van der Waals surface area contributed by atoms with Gasteiger partial charge < -0.3 is 10.2 Å². The van der Waals surface area contributed by atoms with E-state index in [0.717, 1.165) is 39.0 Å². The highest BCUT2D eigenvalue weighted by Crippen LogP contribution is 2.20. The second-order valence-corrected chi connectivity index (χ2v) is 6.25. The minimum atomic E-state index is 0.175. The van der Waals surface area contributed by atoms with E-state index >= 15 is 0 Å². The number of carbonyl (C=O) groups excluding carboxylic acids is 1. The Balaban J connectivity index is 1.75. The van der Waals surface area contributed by atoms with Gasteiger partial charge in [0.15, 0.2) is 0 Å². The molecule has 0 radical (unpaired) electrons. The molecule has 1 atom stereocenters. The van der Waals surface area contributed by atoms with Crippen LogP contribution >= 0.6 is 0 Å². The number of nitrogens with zero attached hydrogens (tertiary/aromatic N) is 2. The zero-order chi connectivity index (χ0) is 14.4. The number of allylic oxidation sites excluding steroid dienone is 1. The summed E-state index contributed by atoms with van der Waals surface area (Å²) in [5.41, 5.74) is 1.42. The van der Waals surface area contributed by atoms with Crippen LogP contribution in [0.15, 0.2) is 11.6 Å². The van der Waals surface area contributed by atoms with E-state index < -0.39 is 0 Å². The van der Waals surface area contributed by atoms with Gasteiger partial charge in [-0.25, -0.2) is 0 Å². The summed E-state index contributed by atoms with van der Waals surface area (Å²) >= 11 is 0. The van der Waals surface area contributed by atoms with Crippen molar-refractivity contribution in [3.8, 4) is 0 Å². The number of nitrogens with one attached hydrogen (secondary N) is 1. The molecule has 1 aliphatic heterocycles. The van der Waals surface area contributed by atoms with Gasteiger partial charge in [0.2, 0.25) is 5.91 Å². The molecule has 1 aliphatic carbocycles. The SMILES string of the molecule is C[C@H](NC(=O)CN1CCCN(C)CC1)C1=CCCCC1. The van der Waals surface area contributed by atoms with Crippen LogP contribution in [0.3, 0.4) is 0 Å². The van der Waals surface area contributed by atoms with Gasteiger partial charge in [0.05, 0.1) is 6.54 Å². The Morgan fingerprint density at radius 1 is 1.25 bits per heavy atom. The average molecular weight is 279 g/mol. The second-order valence-electron chi connectivity index (χ2n) is 6.25. The first-order valence-electron chi connectivity index (χ1n) is 8.04. The number of hydrogen-bond donors (Lipinski definition) is 1. The maximum Gasteiger partial charge on any atom is 0.234 e. The molecule has 2 rings (SSSR count). The molecule has 114 valence electrons. The number of hydrogen-bond acceptors (Lipinski definition) is 3. The molecule has 1 amide bonds. The van der Waals surface area contributed by atoms with E-state index in [4.69, 9.17) is 0 Å². The van der Waals surface area contributed by atoms with Gasteiger partial charge >= 0.3 is 0 Å². The Morgan fingerprint density at radius 3 is 2.85 bits per heavy atom. The number of rotatable bonds is 4. The molecule has 20 heavy (non-hydrogen) atoms. The summed E-state index contributed by atoms with van der Waals surface area (Å²) < 4.78 is 0. The van der Waals surface area contributed by atoms with Crippen molar-refractivity contribution in [2.45, 2.75) is 45.1 Å². The summed E-state index contributed by atoms with van der Waals surface area (Å²) in [7, 11) is 2.15. The highest BCUT2D eigenvalue weighted by atomic mass is 16.2. The Kier molecular flexibility index (Phi) is 6.05. The van der Waals surface area contributed by atoms with Gasteiger partial charge in [-0.1, -0.05) is 11.6 Å². The van der Waals surface area contributed by atoms with Crippen molar-refractivity contribution in [3.05, 3.63) is 11.6 Å². The zero-order valence-corrected chi connectivity index (χ0v) is 13.0. The molecule has 0 unspecified atom stereocenters. The van der Waals surface area contributed by atoms with Crippen LogP contribution in [-0.2, 0) is 4.79 Å². The van der Waals surface area contributed by atoms with Crippen LogP contribution < -0.4 is 5.32 Å². The van der Waals surface area contributed by atoms with Gasteiger partial charge in [-0.2, -0.15) is 0 Å². The maximum atomic E-state index is 12.2. The van der Waals surface area contributed by atoms with E-state index in [9.17, 15) is 4.79 Å². The molecule has 1 heterocycles. The summed E-state index contributed by atoms with van der Waals surface area (Å²) in [6.45, 7) is 6.90. The second kappa shape index (κ2) is 7.79. The standard InChI is InChI=1S/C16H29N3O/c1-14(15-7-4-3-5-8-15)17-16(20)13-19-10-6-9-18(2)11-12-19/h7,14H,3-6,8-13H2,1-2H3,(H,17,20)/t14-/m0/s1. The molecule has 0 spiro atoms. The summed E-state index contributed by atoms with van der Waals surface area (Å²) in [5.74, 6) is 0.175. The third-order valence-electron chi connectivity index (χ3n) is 4.44. The Bertz CT molecular complexity index is 354. The van der Waals surface area contributed by atoms with Crippen molar-refractivity contribution >= 4 is 5.91 Å². The molecule has 4 heteroatoms. The van der Waals surface area contributed by atoms with Crippen LogP contribution in [0.4, 0.5) is 0 Å². The first-order chi connectivity index (χ1) is 9.65. The van der Waals surface area contributed by atoms with E-state index in [1.807, 2.05) is 0 Å². The van der Waals surface area contributed by atoms with E-state index in [2.05, 4.69) is 35.2 Å². The minimum absolute atomic E-state index is 0.175. The van der Waals surface area contributed by atoms with Crippen LogP contribution in [0.5, 0.6) is 0 Å². The molecule has 0 aromatic rings. The molecule has 0 bridgehead atoms. The first-order valence-corrected chi connectivity index (χ1v) is 8.04. The summed E-state index contributed by atoms with van der Waals surface area (Å²) in [6, 6.07) is 0.206. The topological polar surface area (TPSA) is 35.6 Å². The van der Waals surface area contributed by atoms with Crippen LogP contribution in [0.25, 0.3) is 0 Å². The third-order valence-corrected chi connectivity index (χ3v) is 4.44. The Labute approximate surface area is 123 Å².